The van der Waals surface area contributed by atoms with Crippen LogP contribution in [0.15, 0.2) is 24.3 Å². The molecule has 3 rings (SSSR count). The van der Waals surface area contributed by atoms with Crippen LogP contribution in [0.5, 0.6) is 0 Å². The molecular weight excluding hydrogens is 364 g/mol. The lowest BCUT2D eigenvalue weighted by Crippen LogP contribution is -2.47. The van der Waals surface area contributed by atoms with Crippen molar-refractivity contribution in [2.45, 2.75) is 57.9 Å². The Labute approximate surface area is 174 Å². The molecule has 0 aliphatic carbocycles. The van der Waals surface area contributed by atoms with Gasteiger partial charge in [0.1, 0.15) is 0 Å². The van der Waals surface area contributed by atoms with Crippen molar-refractivity contribution in [3.63, 3.8) is 0 Å². The molecule has 2 fully saturated rings. The summed E-state index contributed by atoms with van der Waals surface area (Å²) in [5.41, 5.74) is 7.55. The monoisotopic (exact) mass is 400 g/mol. The van der Waals surface area contributed by atoms with Crippen LogP contribution in [0.4, 0.5) is 5.69 Å². The van der Waals surface area contributed by atoms with Gasteiger partial charge in [-0.05, 0) is 82.4 Å². The number of carbonyl (C=O) groups is 2. The molecule has 0 spiro atoms. The fourth-order valence-electron chi connectivity index (χ4n) is 4.55. The van der Waals surface area contributed by atoms with Crippen LogP contribution < -0.4 is 11.1 Å². The summed E-state index contributed by atoms with van der Waals surface area (Å²) in [4.78, 5) is 28.8. The molecule has 1 atom stereocenters. The number of hydrogen-bond donors (Lipinski definition) is 2. The van der Waals surface area contributed by atoms with Gasteiger partial charge in [0, 0.05) is 18.2 Å². The first-order valence-corrected chi connectivity index (χ1v) is 11.2. The molecule has 0 radical (unpaired) electrons. The van der Waals surface area contributed by atoms with Gasteiger partial charge in [-0.2, -0.15) is 0 Å². The average molecular weight is 401 g/mol. The maximum atomic E-state index is 12.8. The topological polar surface area (TPSA) is 78.7 Å². The van der Waals surface area contributed by atoms with E-state index < -0.39 is 0 Å². The molecule has 2 amide bonds. The number of nitrogens with two attached hydrogens (primary N) is 1. The molecule has 29 heavy (non-hydrogen) atoms. The van der Waals surface area contributed by atoms with Crippen LogP contribution in [0.1, 0.15) is 51.0 Å². The van der Waals surface area contributed by atoms with Gasteiger partial charge in [-0.3, -0.25) is 14.5 Å². The number of rotatable bonds is 8. The summed E-state index contributed by atoms with van der Waals surface area (Å²) in [6, 6.07) is 8.25. The first-order valence-electron chi connectivity index (χ1n) is 11.2. The fraction of sp³-hybridized carbons (Fsp3) is 0.652. The molecule has 2 aliphatic heterocycles. The fourth-order valence-corrected chi connectivity index (χ4v) is 4.55. The Balaban J connectivity index is 1.45. The lowest BCUT2D eigenvalue weighted by molar-refractivity contribution is -0.123. The van der Waals surface area contributed by atoms with E-state index in [0.29, 0.717) is 0 Å². The van der Waals surface area contributed by atoms with Crippen LogP contribution in [0.25, 0.3) is 0 Å². The van der Waals surface area contributed by atoms with E-state index in [4.69, 9.17) is 5.73 Å². The molecular formula is C23H36N4O2. The lowest BCUT2D eigenvalue weighted by Gasteiger charge is -2.34. The van der Waals surface area contributed by atoms with Gasteiger partial charge in [0.15, 0.2) is 0 Å². The maximum Gasteiger partial charge on any atom is 0.241 e. The van der Waals surface area contributed by atoms with Crippen molar-refractivity contribution in [1.82, 2.24) is 9.80 Å². The lowest BCUT2D eigenvalue weighted by atomic mass is 9.96. The highest BCUT2D eigenvalue weighted by Gasteiger charge is 2.28. The normalized spacial score (nSPS) is 21.8. The molecule has 2 aliphatic rings. The minimum atomic E-state index is -0.159. The van der Waals surface area contributed by atoms with E-state index in [1.165, 1.54) is 12.0 Å². The largest absolute Gasteiger partial charge is 0.369 e. The van der Waals surface area contributed by atoms with Gasteiger partial charge >= 0.3 is 0 Å². The number of primary amides is 1. The van der Waals surface area contributed by atoms with Crippen molar-refractivity contribution in [1.29, 1.82) is 0 Å². The minimum Gasteiger partial charge on any atom is -0.369 e. The Morgan fingerprint density at radius 1 is 1.03 bits per heavy atom. The van der Waals surface area contributed by atoms with E-state index in [2.05, 4.69) is 34.2 Å². The summed E-state index contributed by atoms with van der Waals surface area (Å²) in [6.45, 7) is 7.07. The van der Waals surface area contributed by atoms with Gasteiger partial charge in [0.05, 0.1) is 6.04 Å². The highest BCUT2D eigenvalue weighted by atomic mass is 16.2. The summed E-state index contributed by atoms with van der Waals surface area (Å²) >= 11 is 0. The van der Waals surface area contributed by atoms with E-state index >= 15 is 0 Å². The molecule has 0 bridgehead atoms. The Bertz CT molecular complexity index is 666. The number of piperidine rings is 2. The molecule has 6 heteroatoms. The molecule has 2 saturated heterocycles. The van der Waals surface area contributed by atoms with Gasteiger partial charge in [-0.15, -0.1) is 0 Å². The van der Waals surface area contributed by atoms with E-state index in [-0.39, 0.29) is 23.8 Å². The number of carbonyl (C=O) groups excluding carboxylic acids is 2. The van der Waals surface area contributed by atoms with E-state index in [1.807, 2.05) is 12.1 Å². The predicted octanol–water partition coefficient (Wildman–Crippen LogP) is 2.63. The van der Waals surface area contributed by atoms with Crippen LogP contribution in [-0.4, -0.2) is 60.4 Å². The summed E-state index contributed by atoms with van der Waals surface area (Å²) in [7, 11) is 0. The van der Waals surface area contributed by atoms with Crippen molar-refractivity contribution in [3.8, 4) is 0 Å². The van der Waals surface area contributed by atoms with E-state index in [1.54, 1.807) is 0 Å². The molecule has 1 unspecified atom stereocenters. The summed E-state index contributed by atoms with van der Waals surface area (Å²) < 4.78 is 0. The van der Waals surface area contributed by atoms with Crippen molar-refractivity contribution in [3.05, 3.63) is 29.8 Å². The summed E-state index contributed by atoms with van der Waals surface area (Å²) in [5.74, 6) is 0.0168. The minimum absolute atomic E-state index is 0.00621. The van der Waals surface area contributed by atoms with Crippen LogP contribution in [-0.2, 0) is 16.0 Å². The van der Waals surface area contributed by atoms with Crippen LogP contribution >= 0.6 is 0 Å². The van der Waals surface area contributed by atoms with Gasteiger partial charge in [0.25, 0.3) is 0 Å². The third-order valence-corrected chi connectivity index (χ3v) is 6.36. The molecule has 2 heterocycles. The second-order valence-corrected chi connectivity index (χ2v) is 8.50. The van der Waals surface area contributed by atoms with Crippen molar-refractivity contribution in [2.75, 3.05) is 38.0 Å². The number of nitrogens with zero attached hydrogens (tertiary/aromatic N) is 2. The van der Waals surface area contributed by atoms with Crippen LogP contribution in [0.2, 0.25) is 0 Å². The van der Waals surface area contributed by atoms with Gasteiger partial charge in [-0.1, -0.05) is 25.5 Å². The van der Waals surface area contributed by atoms with Gasteiger partial charge in [0.2, 0.25) is 11.8 Å². The number of hydrogen-bond acceptors (Lipinski definition) is 4. The predicted molar refractivity (Wildman–Crippen MR) is 117 cm³/mol. The van der Waals surface area contributed by atoms with Gasteiger partial charge < -0.3 is 16.0 Å². The van der Waals surface area contributed by atoms with Gasteiger partial charge in [-0.25, -0.2) is 0 Å². The first-order chi connectivity index (χ1) is 14.1. The van der Waals surface area contributed by atoms with Crippen LogP contribution in [0.3, 0.4) is 0 Å². The van der Waals surface area contributed by atoms with E-state index in [9.17, 15) is 9.59 Å². The number of nitrogens with one attached hydrogen (secondary N) is 1. The molecule has 3 N–H and O–H groups in total. The Morgan fingerprint density at radius 3 is 2.41 bits per heavy atom. The Morgan fingerprint density at radius 2 is 1.76 bits per heavy atom. The van der Waals surface area contributed by atoms with Crippen molar-refractivity contribution < 1.29 is 9.59 Å². The first kappa shape index (κ1) is 21.8. The molecule has 1 aromatic carbocycles. The van der Waals surface area contributed by atoms with Crippen LogP contribution in [0, 0.1) is 5.92 Å². The molecule has 0 saturated carbocycles. The highest BCUT2D eigenvalue weighted by molar-refractivity contribution is 5.94. The zero-order valence-corrected chi connectivity index (χ0v) is 17.7. The third kappa shape index (κ3) is 6.28. The Hall–Kier alpha value is -1.92. The van der Waals surface area contributed by atoms with Crippen molar-refractivity contribution >= 4 is 17.5 Å². The molecule has 160 valence electrons. The zero-order chi connectivity index (χ0) is 20.6. The average Bonchev–Trinajstić information content (AvgIpc) is 2.74. The number of anilines is 1. The van der Waals surface area contributed by atoms with E-state index in [0.717, 1.165) is 76.9 Å². The number of benzene rings is 1. The standard InChI is InChI=1S/C23H36N4O2/c1-2-13-27-14-4-3-5-21(27)23(29)25-20-8-6-18(7-9-20)10-15-26-16-11-19(12-17-26)22(24)28/h6-9,19,21H,2-5,10-17H2,1H3,(H2,24,28)(H,25,29). The second kappa shape index (κ2) is 10.7. The summed E-state index contributed by atoms with van der Waals surface area (Å²) in [5, 5.41) is 3.11. The number of amides is 2. The second-order valence-electron chi connectivity index (χ2n) is 8.50. The molecule has 6 nitrogen and oxygen atoms in total. The summed E-state index contributed by atoms with van der Waals surface area (Å²) in [6.07, 6.45) is 7.08. The SMILES string of the molecule is CCCN1CCCCC1C(=O)Nc1ccc(CCN2CCC(C(N)=O)CC2)cc1. The third-order valence-electron chi connectivity index (χ3n) is 6.36. The maximum absolute atomic E-state index is 12.8. The zero-order valence-electron chi connectivity index (χ0n) is 17.7. The molecule has 0 aromatic heterocycles. The highest BCUT2D eigenvalue weighted by Crippen LogP contribution is 2.20. The quantitative estimate of drug-likeness (QED) is 0.703. The smallest absolute Gasteiger partial charge is 0.241 e. The van der Waals surface area contributed by atoms with Crippen molar-refractivity contribution in [2.24, 2.45) is 11.7 Å². The number of likely N-dealkylation sites (tertiary alicyclic amines) is 2. The Kier molecular flexibility index (Phi) is 8.07. The molecule has 1 aromatic rings.